The van der Waals surface area contributed by atoms with E-state index in [0.29, 0.717) is 5.02 Å². The zero-order chi connectivity index (χ0) is 11.4. The number of hydrogen-bond acceptors (Lipinski definition) is 2. The average Bonchev–Trinajstić information content (AvgIpc) is 2.33. The van der Waals surface area contributed by atoms with Crippen LogP contribution < -0.4 is 4.74 Å². The van der Waals surface area contributed by atoms with Crippen molar-refractivity contribution in [3.8, 4) is 5.75 Å². The van der Waals surface area contributed by atoms with Crippen molar-refractivity contribution in [2.45, 2.75) is 6.42 Å². The maximum atomic E-state index is 5.91. The van der Waals surface area contributed by atoms with Gasteiger partial charge in [-0.05, 0) is 29.3 Å². The molecule has 0 spiro atoms. The molecular formula is C13H12ClNO. The second-order valence-corrected chi connectivity index (χ2v) is 3.93. The number of hydrogen-bond donors (Lipinski definition) is 0. The highest BCUT2D eigenvalue weighted by Crippen LogP contribution is 2.25. The molecule has 0 unspecified atom stereocenters. The summed E-state index contributed by atoms with van der Waals surface area (Å²) >= 11 is 5.91. The second-order valence-electron chi connectivity index (χ2n) is 3.49. The van der Waals surface area contributed by atoms with Gasteiger partial charge in [0.05, 0.1) is 7.11 Å². The van der Waals surface area contributed by atoms with Gasteiger partial charge in [-0.25, -0.2) is 0 Å². The molecule has 0 amide bonds. The molecule has 0 atom stereocenters. The van der Waals surface area contributed by atoms with E-state index in [1.54, 1.807) is 13.3 Å². The molecule has 0 bridgehead atoms. The minimum Gasteiger partial charge on any atom is -0.496 e. The highest BCUT2D eigenvalue weighted by atomic mass is 35.5. The molecule has 0 fully saturated rings. The van der Waals surface area contributed by atoms with E-state index in [-0.39, 0.29) is 0 Å². The van der Waals surface area contributed by atoms with Crippen LogP contribution in [0, 0.1) is 0 Å². The highest BCUT2D eigenvalue weighted by Gasteiger charge is 2.04. The molecule has 2 nitrogen and oxygen atoms in total. The summed E-state index contributed by atoms with van der Waals surface area (Å²) in [6.45, 7) is 0. The Morgan fingerprint density at radius 3 is 2.88 bits per heavy atom. The molecule has 1 aromatic heterocycles. The van der Waals surface area contributed by atoms with Crippen LogP contribution in [0.5, 0.6) is 5.75 Å². The molecule has 1 aromatic carbocycles. The van der Waals surface area contributed by atoms with E-state index in [1.807, 2.05) is 36.5 Å². The Balaban J connectivity index is 2.28. The van der Waals surface area contributed by atoms with E-state index in [0.717, 1.165) is 23.3 Å². The van der Waals surface area contributed by atoms with Gasteiger partial charge in [-0.1, -0.05) is 23.7 Å². The van der Waals surface area contributed by atoms with E-state index in [2.05, 4.69) is 4.98 Å². The van der Waals surface area contributed by atoms with Crippen molar-refractivity contribution in [3.63, 3.8) is 0 Å². The van der Waals surface area contributed by atoms with Crippen LogP contribution in [0.25, 0.3) is 0 Å². The van der Waals surface area contributed by atoms with Gasteiger partial charge in [-0.15, -0.1) is 0 Å². The smallest absolute Gasteiger partial charge is 0.123 e. The summed E-state index contributed by atoms with van der Waals surface area (Å²) in [6, 6.07) is 9.65. The van der Waals surface area contributed by atoms with Gasteiger partial charge in [0, 0.05) is 23.8 Å². The fourth-order valence-corrected chi connectivity index (χ4v) is 1.75. The molecule has 0 aliphatic heterocycles. The van der Waals surface area contributed by atoms with Crippen molar-refractivity contribution in [2.24, 2.45) is 0 Å². The Labute approximate surface area is 99.9 Å². The van der Waals surface area contributed by atoms with Gasteiger partial charge >= 0.3 is 0 Å². The quantitative estimate of drug-likeness (QED) is 0.811. The maximum Gasteiger partial charge on any atom is 0.123 e. The number of rotatable bonds is 3. The van der Waals surface area contributed by atoms with Crippen molar-refractivity contribution >= 4 is 11.6 Å². The van der Waals surface area contributed by atoms with Gasteiger partial charge in [0.25, 0.3) is 0 Å². The molecule has 16 heavy (non-hydrogen) atoms. The summed E-state index contributed by atoms with van der Waals surface area (Å²) < 4.78 is 5.29. The van der Waals surface area contributed by atoms with Gasteiger partial charge in [0.1, 0.15) is 5.75 Å². The maximum absolute atomic E-state index is 5.91. The first-order valence-corrected chi connectivity index (χ1v) is 5.38. The van der Waals surface area contributed by atoms with Crippen molar-refractivity contribution in [2.75, 3.05) is 7.11 Å². The molecule has 2 rings (SSSR count). The Bertz CT molecular complexity index is 471. The summed E-state index contributed by atoms with van der Waals surface area (Å²) in [5.74, 6) is 0.816. The van der Waals surface area contributed by atoms with E-state index in [9.17, 15) is 0 Å². The summed E-state index contributed by atoms with van der Waals surface area (Å²) in [4.78, 5) is 4.09. The van der Waals surface area contributed by atoms with Crippen molar-refractivity contribution in [1.29, 1.82) is 0 Å². The third-order valence-corrected chi connectivity index (χ3v) is 2.60. The number of ether oxygens (including phenoxy) is 1. The van der Waals surface area contributed by atoms with Gasteiger partial charge < -0.3 is 4.74 Å². The summed E-state index contributed by atoms with van der Waals surface area (Å²) in [5.41, 5.74) is 2.27. The molecule has 0 aliphatic rings. The van der Waals surface area contributed by atoms with Crippen molar-refractivity contribution in [1.82, 2.24) is 4.98 Å². The molecule has 82 valence electrons. The third kappa shape index (κ3) is 2.52. The largest absolute Gasteiger partial charge is 0.496 e. The standard InChI is InChI=1S/C13H12ClNO/c1-16-13-8-12(14)5-4-11(13)7-10-3-2-6-15-9-10/h2-6,8-9H,7H2,1H3. The lowest BCUT2D eigenvalue weighted by Crippen LogP contribution is -1.94. The SMILES string of the molecule is COc1cc(Cl)ccc1Cc1cccnc1. The topological polar surface area (TPSA) is 22.1 Å². The molecular weight excluding hydrogens is 222 g/mol. The van der Waals surface area contributed by atoms with E-state index < -0.39 is 0 Å². The lowest BCUT2D eigenvalue weighted by atomic mass is 10.1. The molecule has 1 heterocycles. The number of benzene rings is 1. The van der Waals surface area contributed by atoms with Crippen LogP contribution in [0.2, 0.25) is 5.02 Å². The minimum absolute atomic E-state index is 0.687. The van der Waals surface area contributed by atoms with Crippen LogP contribution in [0.4, 0.5) is 0 Å². The zero-order valence-corrected chi connectivity index (χ0v) is 9.74. The molecule has 2 aromatic rings. The van der Waals surface area contributed by atoms with Crippen LogP contribution in [-0.2, 0) is 6.42 Å². The molecule has 3 heteroatoms. The molecule has 0 saturated carbocycles. The van der Waals surface area contributed by atoms with Crippen molar-refractivity contribution in [3.05, 3.63) is 58.9 Å². The third-order valence-electron chi connectivity index (χ3n) is 2.37. The van der Waals surface area contributed by atoms with Gasteiger partial charge in [0.15, 0.2) is 0 Å². The van der Waals surface area contributed by atoms with E-state index >= 15 is 0 Å². The van der Waals surface area contributed by atoms with E-state index in [4.69, 9.17) is 16.3 Å². The van der Waals surface area contributed by atoms with Crippen LogP contribution >= 0.6 is 11.6 Å². The minimum atomic E-state index is 0.687. The van der Waals surface area contributed by atoms with Crippen LogP contribution in [0.1, 0.15) is 11.1 Å². The Morgan fingerprint density at radius 1 is 1.31 bits per heavy atom. The highest BCUT2D eigenvalue weighted by molar-refractivity contribution is 6.30. The summed E-state index contributed by atoms with van der Waals surface area (Å²) in [5, 5.41) is 0.687. The Hall–Kier alpha value is -1.54. The summed E-state index contributed by atoms with van der Waals surface area (Å²) in [6.07, 6.45) is 4.42. The van der Waals surface area contributed by atoms with Gasteiger partial charge in [-0.2, -0.15) is 0 Å². The van der Waals surface area contributed by atoms with Crippen molar-refractivity contribution < 1.29 is 4.74 Å². The Kier molecular flexibility index (Phi) is 3.42. The first-order chi connectivity index (χ1) is 7.79. The molecule has 0 aliphatic carbocycles. The molecule has 0 saturated heterocycles. The Morgan fingerprint density at radius 2 is 2.19 bits per heavy atom. The molecule has 0 radical (unpaired) electrons. The van der Waals surface area contributed by atoms with Crippen LogP contribution in [0.3, 0.4) is 0 Å². The first kappa shape index (κ1) is 11.0. The number of halogens is 1. The lowest BCUT2D eigenvalue weighted by molar-refractivity contribution is 0.410. The fraction of sp³-hybridized carbons (Fsp3) is 0.154. The van der Waals surface area contributed by atoms with Gasteiger partial charge in [-0.3, -0.25) is 4.98 Å². The summed E-state index contributed by atoms with van der Waals surface area (Å²) in [7, 11) is 1.65. The van der Waals surface area contributed by atoms with Gasteiger partial charge in [0.2, 0.25) is 0 Å². The normalized spacial score (nSPS) is 10.1. The van der Waals surface area contributed by atoms with Crippen LogP contribution in [0.15, 0.2) is 42.7 Å². The predicted octanol–water partition coefficient (Wildman–Crippen LogP) is 3.33. The fourth-order valence-electron chi connectivity index (χ4n) is 1.59. The predicted molar refractivity (Wildman–Crippen MR) is 65.0 cm³/mol. The zero-order valence-electron chi connectivity index (χ0n) is 8.98. The number of methoxy groups -OCH3 is 1. The lowest BCUT2D eigenvalue weighted by Gasteiger charge is -2.08. The van der Waals surface area contributed by atoms with Crippen LogP contribution in [-0.4, -0.2) is 12.1 Å². The monoisotopic (exact) mass is 233 g/mol. The number of nitrogens with zero attached hydrogens (tertiary/aromatic N) is 1. The number of pyridine rings is 1. The average molecular weight is 234 g/mol. The molecule has 0 N–H and O–H groups in total. The number of aromatic nitrogens is 1. The van der Waals surface area contributed by atoms with E-state index in [1.165, 1.54) is 0 Å². The second kappa shape index (κ2) is 4.99. The first-order valence-electron chi connectivity index (χ1n) is 5.01.